The van der Waals surface area contributed by atoms with Crippen LogP contribution >= 0.6 is 21.6 Å². The Morgan fingerprint density at radius 3 is 1.53 bits per heavy atom. The number of aliphatic hydroxyl groups is 1. The molecule has 4 aromatic heterocycles. The number of nitrogens with two attached hydrogens (primary N) is 2. The second-order valence-electron chi connectivity index (χ2n) is 35.0. The minimum absolute atomic E-state index is 0.0313. The van der Waals surface area contributed by atoms with Gasteiger partial charge in [0.25, 0.3) is 0 Å². The lowest BCUT2D eigenvalue weighted by molar-refractivity contribution is -0.142. The minimum atomic E-state index is -2.01. The Labute approximate surface area is 816 Å². The Morgan fingerprint density at radius 1 is 0.475 bits per heavy atom. The van der Waals surface area contributed by atoms with Crippen molar-refractivity contribution in [2.75, 3.05) is 24.6 Å². The van der Waals surface area contributed by atoms with Crippen molar-refractivity contribution in [1.82, 2.24) is 104 Å². The molecular weight excluding hydrogens is 1860 g/mol. The molecule has 44 heteroatoms. The summed E-state index contributed by atoms with van der Waals surface area (Å²) < 4.78 is 0. The van der Waals surface area contributed by atoms with Crippen molar-refractivity contribution in [2.24, 2.45) is 23.3 Å². The van der Waals surface area contributed by atoms with Gasteiger partial charge in [0.05, 0.1) is 49.6 Å². The number of primary amides is 1. The van der Waals surface area contributed by atoms with E-state index < -0.39 is 222 Å². The molecule has 42 nitrogen and oxygen atoms in total. The largest absolute Gasteiger partial charge is 0.508 e. The zero-order valence-corrected chi connectivity index (χ0v) is 78.8. The molecule has 2 aliphatic heterocycles. The van der Waals surface area contributed by atoms with E-state index in [4.69, 9.17) is 11.5 Å². The van der Waals surface area contributed by atoms with Crippen molar-refractivity contribution < 1.29 is 97.5 Å². The van der Waals surface area contributed by atoms with Crippen molar-refractivity contribution in [3.63, 3.8) is 0 Å². The number of nitrogens with zero attached hydrogens (tertiary/aromatic N) is 4. The number of ketones is 1. The minimum Gasteiger partial charge on any atom is -0.508 e. The number of para-hydroxylation sites is 1. The van der Waals surface area contributed by atoms with Crippen molar-refractivity contribution in [1.29, 1.82) is 0 Å². The van der Waals surface area contributed by atoms with E-state index in [1.165, 1.54) is 140 Å². The molecule has 0 spiro atoms. The molecule has 25 N–H and O–H groups in total. The topological polar surface area (TPSA) is 659 Å². The number of phenols is 4. The molecule has 744 valence electrons. The first-order valence-electron chi connectivity index (χ1n) is 45.7. The van der Waals surface area contributed by atoms with E-state index in [1.807, 2.05) is 18.2 Å². The van der Waals surface area contributed by atoms with Crippen LogP contribution in [0.3, 0.4) is 0 Å². The van der Waals surface area contributed by atoms with Crippen molar-refractivity contribution >= 4 is 121 Å². The van der Waals surface area contributed by atoms with Crippen LogP contribution in [0, 0.1) is 11.8 Å². The van der Waals surface area contributed by atoms with Gasteiger partial charge in [0.2, 0.25) is 82.7 Å². The molecule has 0 radical (unpaired) electrons. The van der Waals surface area contributed by atoms with Gasteiger partial charge in [0.15, 0.2) is 5.78 Å². The summed E-state index contributed by atoms with van der Waals surface area (Å²) in [5, 5.41) is 86.5. The molecular formula is C97H114N22O20S2. The van der Waals surface area contributed by atoms with Crippen LogP contribution in [0.4, 0.5) is 0 Å². The Bertz CT molecular complexity index is 5980. The highest BCUT2D eigenvalue weighted by molar-refractivity contribution is 8.76. The summed E-state index contributed by atoms with van der Waals surface area (Å²) in [5.74, 6) is -18.8. The molecule has 14 amide bonds. The predicted molar refractivity (Wildman–Crippen MR) is 517 cm³/mol. The first kappa shape index (κ1) is 104. The monoisotopic (exact) mass is 1970 g/mol. The van der Waals surface area contributed by atoms with Crippen LogP contribution in [-0.2, 0) is 130 Å². The molecule has 6 heterocycles. The van der Waals surface area contributed by atoms with Crippen molar-refractivity contribution in [3.05, 3.63) is 246 Å². The van der Waals surface area contributed by atoms with Gasteiger partial charge in [-0.25, -0.2) is 15.0 Å². The van der Waals surface area contributed by atoms with Gasteiger partial charge in [0.1, 0.15) is 89.5 Å². The number of benzene rings is 6. The summed E-state index contributed by atoms with van der Waals surface area (Å²) in [5.41, 5.74) is 16.3. The number of imidazole rings is 3. The highest BCUT2D eigenvalue weighted by atomic mass is 33.1. The van der Waals surface area contributed by atoms with Crippen LogP contribution in [0.1, 0.15) is 90.5 Å². The summed E-state index contributed by atoms with van der Waals surface area (Å²) >= 11 is 0. The number of carbonyl (C=O) groups is 15. The van der Waals surface area contributed by atoms with Crippen LogP contribution < -0.4 is 75.3 Å². The molecule has 2 saturated heterocycles. The van der Waals surface area contributed by atoms with Gasteiger partial charge in [-0.05, 0) is 120 Å². The fourth-order valence-corrected chi connectivity index (χ4v) is 18.6. The molecule has 0 bridgehead atoms. The van der Waals surface area contributed by atoms with Gasteiger partial charge in [-0.1, -0.05) is 132 Å². The Morgan fingerprint density at radius 2 is 0.965 bits per heavy atom. The highest BCUT2D eigenvalue weighted by Gasteiger charge is 2.44. The molecule has 15 atom stereocenters. The Kier molecular flexibility index (Phi) is 37.2. The third-order valence-corrected chi connectivity index (χ3v) is 26.3. The number of aromatic nitrogens is 7. The first-order valence-corrected chi connectivity index (χ1v) is 48.2. The predicted octanol–water partition coefficient (Wildman–Crippen LogP) is -0.0965. The summed E-state index contributed by atoms with van der Waals surface area (Å²) in [6.45, 7) is 3.53. The number of aliphatic hydroxyl groups excluding tert-OH is 1. The second kappa shape index (κ2) is 50.2. The normalized spacial score (nSPS) is 20.9. The lowest BCUT2D eigenvalue weighted by Gasteiger charge is -2.31. The Hall–Kier alpha value is -15.4. The molecule has 2 fully saturated rings. The van der Waals surface area contributed by atoms with Gasteiger partial charge >= 0.3 is 0 Å². The van der Waals surface area contributed by atoms with Crippen molar-refractivity contribution in [3.8, 4) is 23.0 Å². The zero-order valence-electron chi connectivity index (χ0n) is 77.1. The van der Waals surface area contributed by atoms with Gasteiger partial charge in [0, 0.05) is 129 Å². The first-order chi connectivity index (χ1) is 67.6. The van der Waals surface area contributed by atoms with Crippen LogP contribution in [0.2, 0.25) is 0 Å². The molecule has 10 aromatic rings. The summed E-state index contributed by atoms with van der Waals surface area (Å²) in [6.07, 6.45) is 4.99. The summed E-state index contributed by atoms with van der Waals surface area (Å²) in [6, 6.07) is 16.5. The maximum absolute atomic E-state index is 15.9. The highest BCUT2D eigenvalue weighted by Crippen LogP contribution is 2.28. The van der Waals surface area contributed by atoms with Crippen LogP contribution in [0.15, 0.2) is 195 Å². The number of rotatable bonds is 31. The molecule has 2 aliphatic rings. The molecule has 0 saturated carbocycles. The number of hydrogen-bond donors (Lipinski definition) is 23. The summed E-state index contributed by atoms with van der Waals surface area (Å²) in [7, 11) is 1.57. The van der Waals surface area contributed by atoms with E-state index in [0.717, 1.165) is 39.4 Å². The smallest absolute Gasteiger partial charge is 0.246 e. The maximum atomic E-state index is 15.9. The maximum Gasteiger partial charge on any atom is 0.246 e. The van der Waals surface area contributed by atoms with Gasteiger partial charge in [-0.3, -0.25) is 71.9 Å². The van der Waals surface area contributed by atoms with Crippen LogP contribution in [0.25, 0.3) is 10.9 Å². The Balaban J connectivity index is 0.955. The second-order valence-corrected chi connectivity index (χ2v) is 37.6. The lowest BCUT2D eigenvalue weighted by Crippen LogP contribution is -2.62. The van der Waals surface area contributed by atoms with E-state index in [2.05, 4.69) is 98.7 Å². The fraction of sp³-hybridized carbons (Fsp3) is 0.361. The SMILES string of the molecule is CC(C)[C@H](NC(=O)[C@@H]1CSSC[C@H](NC(=O)[C@H](Cc2cnc[nH]2)NC(=O)[C@@H](N)Cc2c[nH]c3ccccc23)C(=O)N[C@@H](Cc2ccc(O)cc2)C(=O)N[C@@H]([C@@H](C)O)C(=O)N[C@@H](Cc2ccc(O)cc2)C(=O)N[C@@H](Cc2ccccc2)C(=O)N2CCC[C@H]2C(=O)N[C@@H](Cc2cnc[nH]2)C(=O)C[C@@H](Cc2cnc[nH]2)C(=O)NC(Cc2ccc(O)cc2)C(=O)N1)C(=O)N[C@@H](Cc1ccc(O)cc1)C(=O)NCC(N)=O. The standard InChI is InChI=1S/C97H114N22O20S2/c1-52(2)83(95(137)112-72(87(129)104-46-82(99)126)32-55-15-23-64(121)24-16-55)117-93(135)79-48-141-140-47-78(115-90(132)76(41-63-45-102-51-107-63)110-86(128)69(98)38-60-42-103-70-13-8-7-12-68(60)70)92(134)111-75(35-58-21-29-67(124)30-22-58)91(133)118-84(53(3)120)96(138)113-74(34-57-19-27-66(123)28-20-57)88(130)114-77(36-54-10-5-4-6-11-54)97(139)119-31-9-14-80(119)94(136)108-71(40-62-44-101-50-106-62)81(125)39-59(37-61-43-100-49-105-61)85(127)109-73(89(131)116-79)33-56-17-25-65(122)26-18-56/h4-8,10-13,15-30,42-45,49-53,59,69,71-80,83-84,103,120-124H,9,14,31-41,46-48,98H2,1-3H3,(H2,99,126)(H,100,105)(H,101,106)(H,102,107)(H,104,129)(H,108,136)(H,109,127)(H,110,128)(H,111,134)(H,112,137)(H,113,138)(H,114,130)(H,115,132)(H,116,131)(H,117,135)(H,118,133)/t53-,59-,69+,71+,72+,73?,74+,75+,76+,77+,78+,79+,80+,83+,84+/m1/s1. The number of H-pyrrole nitrogens is 4. The molecule has 12 rings (SSSR count). The van der Waals surface area contributed by atoms with E-state index in [1.54, 1.807) is 56.4 Å². The number of aromatic amines is 4. The van der Waals surface area contributed by atoms with E-state index >= 15 is 52.7 Å². The molecule has 6 aromatic carbocycles. The number of nitrogens with one attached hydrogen (secondary N) is 16. The van der Waals surface area contributed by atoms with Gasteiger partial charge < -0.3 is 126 Å². The number of amides is 14. The third-order valence-electron chi connectivity index (χ3n) is 23.9. The molecule has 141 heavy (non-hydrogen) atoms. The number of aromatic hydroxyl groups is 4. The summed E-state index contributed by atoms with van der Waals surface area (Å²) in [4.78, 5) is 252. The number of carbonyl (C=O) groups excluding carboxylic acids is 15. The number of Topliss-reactive ketones (excluding diaryl/α,β-unsaturated/α-hetero) is 1. The van der Waals surface area contributed by atoms with Crippen LogP contribution in [0.5, 0.6) is 23.0 Å². The van der Waals surface area contributed by atoms with E-state index in [-0.39, 0.29) is 92.9 Å². The molecule has 1 unspecified atom stereocenters. The van der Waals surface area contributed by atoms with E-state index in [0.29, 0.717) is 44.9 Å². The van der Waals surface area contributed by atoms with Gasteiger partial charge in [-0.2, -0.15) is 0 Å². The fourth-order valence-electron chi connectivity index (χ4n) is 16.3. The quantitative estimate of drug-likeness (QED) is 0.0252. The van der Waals surface area contributed by atoms with Crippen molar-refractivity contribution in [2.45, 2.75) is 182 Å². The van der Waals surface area contributed by atoms with Gasteiger partial charge in [-0.15, -0.1) is 0 Å². The average molecular weight is 1970 g/mol. The third kappa shape index (κ3) is 30.5. The van der Waals surface area contributed by atoms with Crippen LogP contribution in [-0.4, -0.2) is 263 Å². The average Bonchev–Trinajstić information content (AvgIpc) is 1.73. The molecule has 0 aliphatic carbocycles. The lowest BCUT2D eigenvalue weighted by atomic mass is 9.91. The number of fused-ring (bicyclic) bond motifs is 2. The zero-order chi connectivity index (χ0) is 101. The van der Waals surface area contributed by atoms with E-state index in [9.17, 15) is 44.7 Å². The number of hydrogen-bond acceptors (Lipinski definition) is 26. The number of phenolic OH excluding ortho intramolecular Hbond substituents is 4.